The minimum Gasteiger partial charge on any atom is -0.494 e. The second kappa shape index (κ2) is 12.1. The number of para-hydroxylation sites is 1. The van der Waals surface area contributed by atoms with Gasteiger partial charge in [-0.15, -0.1) is 10.2 Å². The molecule has 0 bridgehead atoms. The number of amides is 3. The number of aromatic nitrogens is 4. The zero-order chi connectivity index (χ0) is 30.9. The van der Waals surface area contributed by atoms with Crippen molar-refractivity contribution in [1.29, 1.82) is 0 Å². The van der Waals surface area contributed by atoms with Crippen molar-refractivity contribution in [1.82, 2.24) is 35.3 Å². The summed E-state index contributed by atoms with van der Waals surface area (Å²) < 4.78 is 7.34. The van der Waals surface area contributed by atoms with Crippen molar-refractivity contribution in [2.24, 2.45) is 13.0 Å². The Morgan fingerprint density at radius 2 is 1.77 bits per heavy atom. The third kappa shape index (κ3) is 7.00. The molecule has 3 amide bonds. The molecule has 2 fully saturated rings. The Morgan fingerprint density at radius 1 is 1.05 bits per heavy atom. The van der Waals surface area contributed by atoms with Crippen LogP contribution in [-0.2, 0) is 11.8 Å². The van der Waals surface area contributed by atoms with E-state index in [0.29, 0.717) is 60.3 Å². The van der Waals surface area contributed by atoms with Crippen LogP contribution in [0.15, 0.2) is 30.3 Å². The number of rotatable bonds is 9. The van der Waals surface area contributed by atoms with Crippen molar-refractivity contribution in [2.45, 2.75) is 18.1 Å². The molecule has 0 spiro atoms. The van der Waals surface area contributed by atoms with Crippen LogP contribution >= 0.6 is 0 Å². The van der Waals surface area contributed by atoms with Crippen LogP contribution in [0.4, 0.5) is 17.2 Å². The third-order valence-corrected chi connectivity index (χ3v) is 7.10. The number of methoxy groups -OCH3 is 1. The van der Waals surface area contributed by atoms with Gasteiger partial charge in [-0.05, 0) is 36.3 Å². The van der Waals surface area contributed by atoms with Crippen LogP contribution in [0, 0.1) is 5.92 Å². The average Bonchev–Trinajstić information content (AvgIpc) is 3.74. The summed E-state index contributed by atoms with van der Waals surface area (Å²) in [6.45, 7) is 1.58. The van der Waals surface area contributed by atoms with Gasteiger partial charge in [-0.25, -0.2) is 0 Å². The lowest BCUT2D eigenvalue weighted by molar-refractivity contribution is -0.117. The molecule has 0 unspecified atom stereocenters. The van der Waals surface area contributed by atoms with Crippen LogP contribution in [-0.4, -0.2) is 115 Å². The Balaban J connectivity index is 1.47. The van der Waals surface area contributed by atoms with E-state index in [-0.39, 0.29) is 29.2 Å². The highest BCUT2D eigenvalue weighted by Gasteiger charge is 2.31. The van der Waals surface area contributed by atoms with Gasteiger partial charge < -0.3 is 30.8 Å². The summed E-state index contributed by atoms with van der Waals surface area (Å²) in [6.07, 6.45) is 1.67. The molecule has 0 atom stereocenters. The molecule has 3 heterocycles. The van der Waals surface area contributed by atoms with Crippen LogP contribution in [0.3, 0.4) is 0 Å². The molecule has 1 aromatic carbocycles. The minimum atomic E-state index is -0.522. The molecule has 14 nitrogen and oxygen atoms in total. The van der Waals surface area contributed by atoms with E-state index < -0.39 is 11.1 Å². The number of carbonyl (C=O) groups is 3. The Morgan fingerprint density at radius 3 is 2.42 bits per heavy atom. The van der Waals surface area contributed by atoms with Gasteiger partial charge in [0.25, 0.3) is 11.8 Å². The van der Waals surface area contributed by atoms with Gasteiger partial charge in [-0.3, -0.25) is 19.1 Å². The first-order valence-corrected chi connectivity index (χ1v) is 14.2. The predicted molar refractivity (Wildman–Crippen MR) is 167 cm³/mol. The van der Waals surface area contributed by atoms with Crippen LogP contribution < -0.4 is 20.7 Å². The molecule has 2 aromatic heterocycles. The van der Waals surface area contributed by atoms with Gasteiger partial charge >= 0.3 is 0 Å². The fourth-order valence-corrected chi connectivity index (χ4v) is 4.75. The van der Waals surface area contributed by atoms with Crippen LogP contribution in [0.2, 0.25) is 0 Å². The Kier molecular flexibility index (Phi) is 8.46. The van der Waals surface area contributed by atoms with E-state index >= 15 is 0 Å². The van der Waals surface area contributed by atoms with Gasteiger partial charge in [-0.1, -0.05) is 6.07 Å². The topological polar surface area (TPSA) is 167 Å². The fraction of sp³-hybridized carbons (Fsp3) is 0.385. The summed E-state index contributed by atoms with van der Waals surface area (Å²) in [5, 5.41) is 32.1. The summed E-state index contributed by atoms with van der Waals surface area (Å²) >= 11 is 0. The molecule has 1 aliphatic heterocycles. The van der Waals surface area contributed by atoms with E-state index in [4.69, 9.17) is 4.74 Å². The second-order valence-electron chi connectivity index (χ2n) is 11.8. The molecular formula is C26H34B3N9O5. The first kappa shape index (κ1) is 30.1. The molecule has 17 heteroatoms. The number of piperazine rings is 1. The number of hydroxylamine groups is 2. The van der Waals surface area contributed by atoms with Crippen molar-refractivity contribution in [3.63, 3.8) is 0 Å². The summed E-state index contributed by atoms with van der Waals surface area (Å²) in [5.41, 5.74) is 2.40. The van der Waals surface area contributed by atoms with E-state index in [9.17, 15) is 19.6 Å². The number of carbonyl (C=O) groups excluding carboxylic acids is 3. The largest absolute Gasteiger partial charge is 0.494 e. The van der Waals surface area contributed by atoms with Gasteiger partial charge in [0.05, 0.1) is 24.2 Å². The Bertz CT molecular complexity index is 1550. The number of anilines is 3. The Labute approximate surface area is 251 Å². The predicted octanol–water partition coefficient (Wildman–Crippen LogP) is -1.63. The van der Waals surface area contributed by atoms with E-state index in [2.05, 4.69) is 31.2 Å². The van der Waals surface area contributed by atoms with E-state index in [1.807, 2.05) is 29.6 Å². The monoisotopic (exact) mass is 585 g/mol. The molecule has 4 N–H and O–H groups in total. The molecule has 5 rings (SSSR count). The first-order valence-electron chi connectivity index (χ1n) is 14.2. The van der Waals surface area contributed by atoms with Gasteiger partial charge in [0, 0.05) is 50.8 Å². The quantitative estimate of drug-likeness (QED) is 0.214. The normalized spacial score (nSPS) is 15.6. The molecular weight excluding hydrogens is 551 g/mol. The average molecular weight is 585 g/mol. The van der Waals surface area contributed by atoms with Crippen molar-refractivity contribution < 1.29 is 24.3 Å². The number of nitrogens with zero attached hydrogens (tertiary/aromatic N) is 6. The lowest BCUT2D eigenvalue weighted by atomic mass is 9.49. The SMILES string of the molecule is BC(B)(B)NC(=O)c1nnc(NC(=O)C2CC2)cc1Nc1cccc(-c2cc(C(=O)N3CCN(O)CC3)n(C)n2)c1OC. The molecule has 2 aliphatic rings. The number of hydrogen-bond acceptors (Lipinski definition) is 10. The minimum absolute atomic E-state index is 0.0340. The summed E-state index contributed by atoms with van der Waals surface area (Å²) in [6, 6.07) is 8.68. The number of hydrogen-bond donors (Lipinski definition) is 4. The molecule has 3 aromatic rings. The van der Waals surface area contributed by atoms with Crippen molar-refractivity contribution >= 4 is 58.5 Å². The zero-order valence-corrected chi connectivity index (χ0v) is 25.0. The van der Waals surface area contributed by atoms with Gasteiger partial charge in [0.2, 0.25) is 5.91 Å². The lowest BCUT2D eigenvalue weighted by Gasteiger charge is -2.30. The summed E-state index contributed by atoms with van der Waals surface area (Å²) in [5.74, 6) is -0.139. The van der Waals surface area contributed by atoms with Gasteiger partial charge in [-0.2, -0.15) is 10.2 Å². The maximum atomic E-state index is 13.2. The van der Waals surface area contributed by atoms with E-state index in [1.54, 1.807) is 36.2 Å². The van der Waals surface area contributed by atoms with Gasteiger partial charge in [0.15, 0.2) is 17.3 Å². The molecule has 43 heavy (non-hydrogen) atoms. The number of benzene rings is 1. The summed E-state index contributed by atoms with van der Waals surface area (Å²) in [7, 11) is 8.81. The highest BCUT2D eigenvalue weighted by Crippen LogP contribution is 2.38. The fourth-order valence-electron chi connectivity index (χ4n) is 4.75. The number of aryl methyl sites for hydroxylation is 1. The van der Waals surface area contributed by atoms with Crippen LogP contribution in [0.1, 0.15) is 33.8 Å². The van der Waals surface area contributed by atoms with E-state index in [0.717, 1.165) is 12.8 Å². The standard InChI is InChI=1S/C26H34B3N9O5/c1-36-19(25(41)37-8-10-38(42)11-9-37)12-17(35-36)15-4-3-5-16(22(15)43-2)30-18-13-20(31-23(39)14-6-7-14)33-34-21(18)24(40)32-26(27,28)29/h3-5,12-14,42H,6-11,27-29H2,1-2H3,(H,32,40)(H2,30,31,33,39). The van der Waals surface area contributed by atoms with Crippen molar-refractivity contribution in [3.05, 3.63) is 41.7 Å². The first-order chi connectivity index (χ1) is 20.4. The highest BCUT2D eigenvalue weighted by molar-refractivity contribution is 6.60. The second-order valence-corrected chi connectivity index (χ2v) is 11.8. The van der Waals surface area contributed by atoms with Crippen LogP contribution in [0.5, 0.6) is 5.75 Å². The Hall–Kier alpha value is -4.37. The van der Waals surface area contributed by atoms with Crippen molar-refractivity contribution in [3.8, 4) is 17.0 Å². The third-order valence-electron chi connectivity index (χ3n) is 7.10. The molecule has 1 saturated heterocycles. The maximum absolute atomic E-state index is 13.2. The van der Waals surface area contributed by atoms with Crippen LogP contribution in [0.25, 0.3) is 11.3 Å². The zero-order valence-electron chi connectivity index (χ0n) is 25.0. The highest BCUT2D eigenvalue weighted by atomic mass is 16.5. The maximum Gasteiger partial charge on any atom is 0.272 e. The van der Waals surface area contributed by atoms with E-state index in [1.165, 1.54) is 16.9 Å². The lowest BCUT2D eigenvalue weighted by Crippen LogP contribution is -2.50. The van der Waals surface area contributed by atoms with Crippen molar-refractivity contribution in [2.75, 3.05) is 43.9 Å². The van der Waals surface area contributed by atoms with Gasteiger partial charge in [0.1, 0.15) is 29.2 Å². The molecule has 1 aliphatic carbocycles. The summed E-state index contributed by atoms with van der Waals surface area (Å²) in [4.78, 5) is 40.5. The number of nitrogens with one attached hydrogen (secondary N) is 3. The molecule has 0 radical (unpaired) electrons. The smallest absolute Gasteiger partial charge is 0.272 e. The number of ether oxygens (including phenoxy) is 1. The molecule has 1 saturated carbocycles. The molecule has 222 valence electrons.